The topological polar surface area (TPSA) is 26.8 Å². The van der Waals surface area contributed by atoms with Crippen LogP contribution in [-0.4, -0.2) is 55.5 Å². The Morgan fingerprint density at radius 1 is 0.951 bits per heavy atom. The number of rotatable bonds is 6. The monoisotopic (exact) mass is 567 g/mol. The van der Waals surface area contributed by atoms with Gasteiger partial charge in [0.25, 0.3) is 5.91 Å². The van der Waals surface area contributed by atoms with Crippen LogP contribution >= 0.6 is 0 Å². The highest BCUT2D eigenvalue weighted by atomic mass is 19.4. The average molecular weight is 568 g/mol. The molecule has 5 rings (SSSR count). The average Bonchev–Trinajstić information content (AvgIpc) is 2.97. The van der Waals surface area contributed by atoms with Crippen LogP contribution in [0.3, 0.4) is 0 Å². The molecule has 2 fully saturated rings. The van der Waals surface area contributed by atoms with Crippen molar-refractivity contribution in [3.05, 3.63) is 70.9 Å². The van der Waals surface area contributed by atoms with Crippen LogP contribution in [0.2, 0.25) is 0 Å². The van der Waals surface area contributed by atoms with Gasteiger partial charge in [0.15, 0.2) is 0 Å². The zero-order valence-electron chi connectivity index (χ0n) is 24.8. The highest BCUT2D eigenvalue weighted by Crippen LogP contribution is 2.44. The summed E-state index contributed by atoms with van der Waals surface area (Å²) >= 11 is 0. The van der Waals surface area contributed by atoms with E-state index in [-0.39, 0.29) is 17.2 Å². The maximum atomic E-state index is 14.0. The Bertz CT molecular complexity index is 1230. The quantitative estimate of drug-likeness (QED) is 0.352. The smallest absolute Gasteiger partial charge is 0.380 e. The second-order valence-corrected chi connectivity index (χ2v) is 12.6. The number of allylic oxidation sites excluding steroid dienone is 1. The van der Waals surface area contributed by atoms with Gasteiger partial charge in [-0.3, -0.25) is 4.79 Å². The molecular formula is C34H44F3N3O. The number of likely N-dealkylation sites (tertiary alicyclic amines) is 1. The van der Waals surface area contributed by atoms with E-state index >= 15 is 0 Å². The first-order chi connectivity index (χ1) is 19.6. The van der Waals surface area contributed by atoms with Crippen LogP contribution in [0.1, 0.15) is 98.2 Å². The van der Waals surface area contributed by atoms with E-state index in [2.05, 4.69) is 35.2 Å². The van der Waals surface area contributed by atoms with Crippen molar-refractivity contribution in [1.82, 2.24) is 9.80 Å². The third-order valence-corrected chi connectivity index (χ3v) is 9.73. The van der Waals surface area contributed by atoms with Crippen LogP contribution in [0.5, 0.6) is 0 Å². The summed E-state index contributed by atoms with van der Waals surface area (Å²) < 4.78 is 41.9. The Labute approximate surface area is 243 Å². The van der Waals surface area contributed by atoms with Gasteiger partial charge in [-0.05, 0) is 97.2 Å². The van der Waals surface area contributed by atoms with Gasteiger partial charge in [-0.25, -0.2) is 0 Å². The van der Waals surface area contributed by atoms with Crippen LogP contribution in [0.15, 0.2) is 48.7 Å². The molecule has 0 radical (unpaired) electrons. The number of nitrogens with zero attached hydrogens (tertiary/aromatic N) is 3. The van der Waals surface area contributed by atoms with E-state index in [4.69, 9.17) is 0 Å². The predicted octanol–water partition coefficient (Wildman–Crippen LogP) is 8.20. The maximum Gasteiger partial charge on any atom is 0.416 e. The van der Waals surface area contributed by atoms with E-state index in [9.17, 15) is 18.0 Å². The van der Waals surface area contributed by atoms with Crippen LogP contribution in [-0.2, 0) is 6.18 Å². The van der Waals surface area contributed by atoms with Gasteiger partial charge in [0.1, 0.15) is 0 Å². The molecule has 0 bridgehead atoms. The molecule has 0 aromatic heterocycles. The molecule has 3 aliphatic heterocycles. The number of carbonyl (C=O) groups is 1. The molecule has 2 aromatic carbocycles. The second kappa shape index (κ2) is 12.1. The molecule has 0 N–H and O–H groups in total. The standard InChI is InChI=1S/C34H44F3N3O/c1-4-6-25(2)30-13-12-29(23-31(30)34(35,36)37)39-19-14-33(15-20-39)16-21-40(22-17-33)32(41)27-10-8-26(9-11-27)28-7-5-18-38(3)24-28/h8-13,23-25H,4-7,14-22H2,1-3H3. The van der Waals surface area contributed by atoms with Crippen molar-refractivity contribution in [2.75, 3.05) is 44.7 Å². The maximum absolute atomic E-state index is 14.0. The Morgan fingerprint density at radius 3 is 2.22 bits per heavy atom. The van der Waals surface area contributed by atoms with E-state index in [1.54, 1.807) is 6.07 Å². The van der Waals surface area contributed by atoms with Gasteiger partial charge in [0, 0.05) is 57.2 Å². The summed E-state index contributed by atoms with van der Waals surface area (Å²) in [5, 5.41) is 0. The molecule has 3 heterocycles. The molecule has 4 nitrogen and oxygen atoms in total. The number of piperidine rings is 2. The Balaban J connectivity index is 1.18. The highest BCUT2D eigenvalue weighted by Gasteiger charge is 2.40. The summed E-state index contributed by atoms with van der Waals surface area (Å²) in [7, 11) is 2.10. The first-order valence-corrected chi connectivity index (χ1v) is 15.4. The fraction of sp³-hybridized carbons (Fsp3) is 0.559. The number of benzene rings is 2. The van der Waals surface area contributed by atoms with Crippen LogP contribution in [0.4, 0.5) is 18.9 Å². The molecule has 1 atom stereocenters. The van der Waals surface area contributed by atoms with Crippen LogP contribution in [0, 0.1) is 5.41 Å². The zero-order chi connectivity index (χ0) is 29.2. The highest BCUT2D eigenvalue weighted by molar-refractivity contribution is 5.94. The molecule has 41 heavy (non-hydrogen) atoms. The number of anilines is 1. The summed E-state index contributed by atoms with van der Waals surface area (Å²) in [6.07, 6.45) is 5.46. The Hall–Kier alpha value is -2.96. The first-order valence-electron chi connectivity index (χ1n) is 15.4. The number of carbonyl (C=O) groups excluding carboxylic acids is 1. The lowest BCUT2D eigenvalue weighted by Crippen LogP contribution is -2.48. The molecule has 1 unspecified atom stereocenters. The molecule has 0 saturated carbocycles. The molecule has 1 spiro atoms. The summed E-state index contributed by atoms with van der Waals surface area (Å²) in [6, 6.07) is 13.0. The van der Waals surface area contributed by atoms with Gasteiger partial charge in [0.2, 0.25) is 0 Å². The number of alkyl halides is 3. The first kappa shape index (κ1) is 29.5. The van der Waals surface area contributed by atoms with Crippen molar-refractivity contribution in [2.45, 2.75) is 77.3 Å². The van der Waals surface area contributed by atoms with Gasteiger partial charge >= 0.3 is 6.18 Å². The molecular weight excluding hydrogens is 523 g/mol. The number of halogens is 3. The molecule has 0 aliphatic carbocycles. The lowest BCUT2D eigenvalue weighted by atomic mass is 9.71. The van der Waals surface area contributed by atoms with Gasteiger partial charge in [-0.15, -0.1) is 0 Å². The molecule has 1 amide bonds. The number of hydrogen-bond acceptors (Lipinski definition) is 3. The molecule has 2 saturated heterocycles. The fourth-order valence-electron chi connectivity index (χ4n) is 7.07. The Morgan fingerprint density at radius 2 is 1.61 bits per heavy atom. The SMILES string of the molecule is CCCC(C)c1ccc(N2CCC3(CCN(C(=O)c4ccc(C5=CN(C)CCC5)cc4)CC3)CC2)cc1C(F)(F)F. The lowest BCUT2D eigenvalue weighted by Gasteiger charge is -2.47. The normalized spacial score (nSPS) is 20.2. The van der Waals surface area contributed by atoms with Crippen molar-refractivity contribution in [3.8, 4) is 0 Å². The lowest BCUT2D eigenvalue weighted by molar-refractivity contribution is -0.138. The minimum absolute atomic E-state index is 0.0932. The number of amides is 1. The van der Waals surface area contributed by atoms with Crippen molar-refractivity contribution >= 4 is 17.2 Å². The van der Waals surface area contributed by atoms with Gasteiger partial charge < -0.3 is 14.7 Å². The van der Waals surface area contributed by atoms with E-state index < -0.39 is 11.7 Å². The van der Waals surface area contributed by atoms with Crippen molar-refractivity contribution < 1.29 is 18.0 Å². The van der Waals surface area contributed by atoms with E-state index in [0.29, 0.717) is 11.3 Å². The largest absolute Gasteiger partial charge is 0.416 e. The fourth-order valence-corrected chi connectivity index (χ4v) is 7.07. The zero-order valence-corrected chi connectivity index (χ0v) is 24.8. The van der Waals surface area contributed by atoms with Gasteiger partial charge in [-0.2, -0.15) is 13.2 Å². The van der Waals surface area contributed by atoms with Gasteiger partial charge in [0.05, 0.1) is 5.56 Å². The summed E-state index contributed by atoms with van der Waals surface area (Å²) in [5.74, 6) is -0.0203. The van der Waals surface area contributed by atoms with E-state index in [1.165, 1.54) is 17.2 Å². The summed E-state index contributed by atoms with van der Waals surface area (Å²) in [5.41, 5.74) is 4.00. The van der Waals surface area contributed by atoms with Crippen LogP contribution < -0.4 is 4.90 Å². The third kappa shape index (κ3) is 6.60. The molecule has 2 aromatic rings. The molecule has 222 valence electrons. The third-order valence-electron chi connectivity index (χ3n) is 9.73. The Kier molecular flexibility index (Phi) is 8.72. The van der Waals surface area contributed by atoms with Gasteiger partial charge in [-0.1, -0.05) is 38.5 Å². The van der Waals surface area contributed by atoms with E-state index in [1.807, 2.05) is 36.9 Å². The van der Waals surface area contributed by atoms with Crippen molar-refractivity contribution in [2.24, 2.45) is 5.41 Å². The molecule has 3 aliphatic rings. The predicted molar refractivity (Wildman–Crippen MR) is 160 cm³/mol. The summed E-state index contributed by atoms with van der Waals surface area (Å²) in [4.78, 5) is 19.6. The number of hydrogen-bond donors (Lipinski definition) is 0. The molecule has 7 heteroatoms. The minimum Gasteiger partial charge on any atom is -0.380 e. The van der Waals surface area contributed by atoms with E-state index in [0.717, 1.165) is 89.7 Å². The van der Waals surface area contributed by atoms with Crippen LogP contribution in [0.25, 0.3) is 5.57 Å². The second-order valence-electron chi connectivity index (χ2n) is 12.6. The minimum atomic E-state index is -4.35. The van der Waals surface area contributed by atoms with Crippen molar-refractivity contribution in [3.63, 3.8) is 0 Å². The summed E-state index contributed by atoms with van der Waals surface area (Å²) in [6.45, 7) is 7.95. The van der Waals surface area contributed by atoms with Crippen molar-refractivity contribution in [1.29, 1.82) is 0 Å².